The van der Waals surface area contributed by atoms with Crippen molar-refractivity contribution < 1.29 is 27.4 Å². The fourth-order valence-electron chi connectivity index (χ4n) is 4.84. The molecule has 4 rings (SSSR count). The highest BCUT2D eigenvalue weighted by Gasteiger charge is 2.37. The van der Waals surface area contributed by atoms with Gasteiger partial charge in [0.25, 0.3) is 0 Å². The van der Waals surface area contributed by atoms with E-state index in [1.54, 1.807) is 25.3 Å². The van der Waals surface area contributed by atoms with Crippen LogP contribution in [0, 0.1) is 17.2 Å². The minimum atomic E-state index is -4.84. The minimum absolute atomic E-state index is 0.0314. The maximum atomic E-state index is 13.1. The van der Waals surface area contributed by atoms with E-state index in [0.717, 1.165) is 12.8 Å². The fraction of sp³-hybridized carbons (Fsp3) is 0.519. The van der Waals surface area contributed by atoms with Crippen molar-refractivity contribution in [3.63, 3.8) is 0 Å². The van der Waals surface area contributed by atoms with Crippen molar-refractivity contribution in [1.29, 1.82) is 5.26 Å². The van der Waals surface area contributed by atoms with Gasteiger partial charge in [-0.15, -0.1) is 13.2 Å². The highest BCUT2D eigenvalue weighted by Crippen LogP contribution is 2.47. The van der Waals surface area contributed by atoms with Gasteiger partial charge >= 0.3 is 6.36 Å². The second-order valence-electron chi connectivity index (χ2n) is 9.81. The predicted molar refractivity (Wildman–Crippen MR) is 132 cm³/mol. The number of carbonyl (C=O) groups excluding carboxylic acids is 1. The minimum Gasteiger partial charge on any atom is -0.405 e. The Morgan fingerprint density at radius 1 is 1.22 bits per heavy atom. The highest BCUT2D eigenvalue weighted by atomic mass is 19.4. The van der Waals surface area contributed by atoms with Crippen LogP contribution in [0.25, 0.3) is 11.1 Å². The Bertz CT molecular complexity index is 1170. The first-order valence-corrected chi connectivity index (χ1v) is 12.5. The van der Waals surface area contributed by atoms with Gasteiger partial charge in [0.05, 0.1) is 30.3 Å². The molecule has 1 aromatic heterocycles. The number of pyridine rings is 1. The van der Waals surface area contributed by atoms with E-state index in [9.17, 15) is 23.2 Å². The Hall–Kier alpha value is -3.32. The van der Waals surface area contributed by atoms with Gasteiger partial charge in [-0.05, 0) is 30.9 Å². The number of nitriles is 1. The normalized spacial score (nSPS) is 18.2. The van der Waals surface area contributed by atoms with Crippen molar-refractivity contribution >= 4 is 11.7 Å². The molecule has 0 spiro atoms. The van der Waals surface area contributed by atoms with Crippen LogP contribution >= 0.6 is 0 Å². The number of hydrogen-bond donors (Lipinski definition) is 0. The lowest BCUT2D eigenvalue weighted by molar-refractivity contribution is -0.274. The first-order valence-electron chi connectivity index (χ1n) is 12.5. The molecule has 10 heteroatoms. The number of para-hydroxylation sites is 1. The summed E-state index contributed by atoms with van der Waals surface area (Å²) in [5.74, 6) is 0.506. The molecular weight excluding hydrogens is 485 g/mol. The van der Waals surface area contributed by atoms with Crippen molar-refractivity contribution in [2.45, 2.75) is 51.4 Å². The van der Waals surface area contributed by atoms with Gasteiger partial charge < -0.3 is 19.3 Å². The molecule has 37 heavy (non-hydrogen) atoms. The average Bonchev–Trinajstić information content (AvgIpc) is 3.71. The largest absolute Gasteiger partial charge is 0.573 e. The van der Waals surface area contributed by atoms with Crippen LogP contribution in [0.4, 0.5) is 19.0 Å². The predicted octanol–water partition coefficient (Wildman–Crippen LogP) is 5.11. The number of methoxy groups -OCH3 is 1. The van der Waals surface area contributed by atoms with Crippen LogP contribution < -0.4 is 9.64 Å². The monoisotopic (exact) mass is 516 g/mol. The Balaban J connectivity index is 1.71. The summed E-state index contributed by atoms with van der Waals surface area (Å²) in [7, 11) is 1.56. The van der Waals surface area contributed by atoms with Gasteiger partial charge in [0.1, 0.15) is 17.6 Å². The van der Waals surface area contributed by atoms with Crippen LogP contribution in [0.15, 0.2) is 30.3 Å². The summed E-state index contributed by atoms with van der Waals surface area (Å²) in [6.07, 6.45) is -2.77. The number of benzene rings is 1. The Morgan fingerprint density at radius 3 is 2.57 bits per heavy atom. The third kappa shape index (κ3) is 6.16. The number of alkyl halides is 3. The summed E-state index contributed by atoms with van der Waals surface area (Å²) < 4.78 is 48.6. The van der Waals surface area contributed by atoms with Crippen molar-refractivity contribution in [1.82, 2.24) is 9.88 Å². The van der Waals surface area contributed by atoms with E-state index in [4.69, 9.17) is 9.72 Å². The first kappa shape index (κ1) is 26.7. The summed E-state index contributed by atoms with van der Waals surface area (Å²) in [6.45, 7) is 5.96. The Kier molecular flexibility index (Phi) is 7.93. The average molecular weight is 517 g/mol. The zero-order valence-corrected chi connectivity index (χ0v) is 21.2. The number of ether oxygens (including phenoxy) is 2. The number of piperazine rings is 1. The molecule has 1 amide bonds. The summed E-state index contributed by atoms with van der Waals surface area (Å²) >= 11 is 0. The molecule has 0 radical (unpaired) electrons. The standard InChI is InChI=1S/C27H31F3N4O3/c1-17(2)22-16-33(11-12-34(22)24(35)10-13-36-3)26-19(15-31)14-21(25(32-26)18-8-9-18)20-6-4-5-7-23(20)37-27(28,29)30/h4-7,14,17-18,22H,8-13,16H2,1-3H3/t22-/m0/s1. The van der Waals surface area contributed by atoms with Crippen molar-refractivity contribution in [2.24, 2.45) is 5.92 Å². The number of aromatic nitrogens is 1. The summed E-state index contributed by atoms with van der Waals surface area (Å²) in [5, 5.41) is 10.0. The molecule has 2 heterocycles. The molecule has 198 valence electrons. The van der Waals surface area contributed by atoms with Crippen LogP contribution in [0.5, 0.6) is 5.75 Å². The zero-order valence-electron chi connectivity index (χ0n) is 21.2. The molecule has 2 aromatic rings. The Labute approximate surface area is 214 Å². The molecule has 0 unspecified atom stereocenters. The van der Waals surface area contributed by atoms with Gasteiger partial charge in [0, 0.05) is 43.8 Å². The van der Waals surface area contributed by atoms with Crippen LogP contribution in [-0.2, 0) is 9.53 Å². The summed E-state index contributed by atoms with van der Waals surface area (Å²) in [6, 6.07) is 9.71. The van der Waals surface area contributed by atoms with Crippen LogP contribution in [0.3, 0.4) is 0 Å². The second kappa shape index (κ2) is 11.0. The van der Waals surface area contributed by atoms with E-state index in [1.165, 1.54) is 12.1 Å². The third-order valence-corrected chi connectivity index (χ3v) is 6.85. The van der Waals surface area contributed by atoms with E-state index in [0.29, 0.717) is 49.7 Å². The van der Waals surface area contributed by atoms with Gasteiger partial charge in [0.2, 0.25) is 5.91 Å². The van der Waals surface area contributed by atoms with E-state index >= 15 is 0 Å². The molecule has 1 aliphatic heterocycles. The van der Waals surface area contributed by atoms with Crippen molar-refractivity contribution in [3.8, 4) is 22.9 Å². The maximum Gasteiger partial charge on any atom is 0.573 e. The number of carbonyl (C=O) groups is 1. The molecule has 1 aromatic carbocycles. The van der Waals surface area contributed by atoms with Crippen LogP contribution in [0.1, 0.15) is 50.3 Å². The van der Waals surface area contributed by atoms with E-state index in [-0.39, 0.29) is 40.7 Å². The van der Waals surface area contributed by atoms with Crippen molar-refractivity contribution in [2.75, 3.05) is 38.3 Å². The number of halogens is 3. The second-order valence-corrected chi connectivity index (χ2v) is 9.81. The molecule has 0 N–H and O–H groups in total. The smallest absolute Gasteiger partial charge is 0.405 e. The van der Waals surface area contributed by atoms with Gasteiger partial charge in [-0.3, -0.25) is 4.79 Å². The van der Waals surface area contributed by atoms with Gasteiger partial charge in [-0.25, -0.2) is 4.98 Å². The van der Waals surface area contributed by atoms with Gasteiger partial charge in [-0.1, -0.05) is 32.0 Å². The van der Waals surface area contributed by atoms with E-state index in [1.807, 2.05) is 9.80 Å². The summed E-state index contributed by atoms with van der Waals surface area (Å²) in [4.78, 5) is 21.6. The summed E-state index contributed by atoms with van der Waals surface area (Å²) in [5.41, 5.74) is 1.69. The molecule has 0 bridgehead atoms. The van der Waals surface area contributed by atoms with Gasteiger partial charge in [0.15, 0.2) is 0 Å². The molecular formula is C27H31F3N4O3. The number of nitrogens with zero attached hydrogens (tertiary/aromatic N) is 4. The van der Waals surface area contributed by atoms with Gasteiger partial charge in [-0.2, -0.15) is 5.26 Å². The molecule has 7 nitrogen and oxygen atoms in total. The number of anilines is 1. The lowest BCUT2D eigenvalue weighted by Crippen LogP contribution is -2.57. The molecule has 1 aliphatic carbocycles. The molecule has 2 aliphatic rings. The number of rotatable bonds is 8. The molecule has 2 fully saturated rings. The maximum absolute atomic E-state index is 13.1. The topological polar surface area (TPSA) is 78.7 Å². The SMILES string of the molecule is COCCC(=O)N1CCN(c2nc(C3CC3)c(-c3ccccc3OC(F)(F)F)cc2C#N)C[C@H]1C(C)C. The van der Waals surface area contributed by atoms with E-state index in [2.05, 4.69) is 24.7 Å². The molecule has 1 saturated heterocycles. The Morgan fingerprint density at radius 2 is 1.95 bits per heavy atom. The number of amides is 1. The van der Waals surface area contributed by atoms with Crippen LogP contribution in [0.2, 0.25) is 0 Å². The third-order valence-electron chi connectivity index (χ3n) is 6.85. The zero-order chi connectivity index (χ0) is 26.7. The quantitative estimate of drug-likeness (QED) is 0.486. The van der Waals surface area contributed by atoms with E-state index < -0.39 is 6.36 Å². The highest BCUT2D eigenvalue weighted by molar-refractivity contribution is 5.78. The lowest BCUT2D eigenvalue weighted by Gasteiger charge is -2.44. The fourth-order valence-corrected chi connectivity index (χ4v) is 4.84. The van der Waals surface area contributed by atoms with Crippen molar-refractivity contribution in [3.05, 3.63) is 41.6 Å². The molecule has 1 saturated carbocycles. The van der Waals surface area contributed by atoms with Crippen LogP contribution in [-0.4, -0.2) is 61.5 Å². The lowest BCUT2D eigenvalue weighted by atomic mass is 9.96. The first-order chi connectivity index (χ1) is 17.6. The number of hydrogen-bond acceptors (Lipinski definition) is 6. The molecule has 1 atom stereocenters.